The van der Waals surface area contributed by atoms with Gasteiger partial charge in [-0.05, 0) is 36.1 Å². The van der Waals surface area contributed by atoms with Crippen molar-refractivity contribution in [2.45, 2.75) is 6.92 Å². The van der Waals surface area contributed by atoms with Crippen molar-refractivity contribution in [2.24, 2.45) is 0 Å². The van der Waals surface area contributed by atoms with Gasteiger partial charge in [-0.25, -0.2) is 9.78 Å². The largest absolute Gasteiger partial charge is 0.477 e. The third kappa shape index (κ3) is 2.54. The first-order chi connectivity index (χ1) is 8.58. The maximum absolute atomic E-state index is 11.9. The van der Waals surface area contributed by atoms with E-state index in [-0.39, 0.29) is 17.4 Å². The number of aryl methyl sites for hydroxylation is 1. The molecule has 0 atom stereocenters. The molecule has 0 radical (unpaired) electrons. The molecule has 0 spiro atoms. The van der Waals surface area contributed by atoms with Crippen LogP contribution in [0, 0.1) is 6.92 Å². The van der Waals surface area contributed by atoms with Crippen LogP contribution in [0.2, 0.25) is 0 Å². The number of hydrogen-bond donors (Lipinski definition) is 2. The molecule has 0 aliphatic heterocycles. The standard InChI is InChI=1S/C12H10N2O3S/c1-7-5-6-18-10(7)11(15)14-9-4-2-3-8(13-9)12(16)17/h2-6H,1H3,(H,16,17)(H,13,14,15). The molecule has 2 rings (SSSR count). The van der Waals surface area contributed by atoms with Gasteiger partial charge < -0.3 is 10.4 Å². The number of aromatic carboxylic acids is 1. The molecule has 0 fully saturated rings. The summed E-state index contributed by atoms with van der Waals surface area (Å²) in [5, 5.41) is 13.2. The van der Waals surface area contributed by atoms with Crippen LogP contribution in [-0.4, -0.2) is 22.0 Å². The highest BCUT2D eigenvalue weighted by Gasteiger charge is 2.12. The molecule has 92 valence electrons. The van der Waals surface area contributed by atoms with Gasteiger partial charge in [-0.1, -0.05) is 6.07 Å². The van der Waals surface area contributed by atoms with Crippen molar-refractivity contribution < 1.29 is 14.7 Å². The predicted octanol–water partition coefficient (Wildman–Crippen LogP) is 2.40. The molecule has 18 heavy (non-hydrogen) atoms. The number of carbonyl (C=O) groups is 2. The number of hydrogen-bond acceptors (Lipinski definition) is 4. The van der Waals surface area contributed by atoms with Crippen LogP contribution < -0.4 is 5.32 Å². The van der Waals surface area contributed by atoms with Gasteiger partial charge in [-0.15, -0.1) is 11.3 Å². The number of nitrogens with one attached hydrogen (secondary N) is 1. The highest BCUT2D eigenvalue weighted by Crippen LogP contribution is 2.17. The van der Waals surface area contributed by atoms with E-state index in [4.69, 9.17) is 5.11 Å². The SMILES string of the molecule is Cc1ccsc1C(=O)Nc1cccc(C(=O)O)n1. The molecule has 0 aromatic carbocycles. The van der Waals surface area contributed by atoms with Gasteiger partial charge in [0.2, 0.25) is 0 Å². The summed E-state index contributed by atoms with van der Waals surface area (Å²) in [6.07, 6.45) is 0. The lowest BCUT2D eigenvalue weighted by Crippen LogP contribution is -2.13. The van der Waals surface area contributed by atoms with Crippen LogP contribution >= 0.6 is 11.3 Å². The number of rotatable bonds is 3. The Kier molecular flexibility index (Phi) is 3.38. The summed E-state index contributed by atoms with van der Waals surface area (Å²) in [5.41, 5.74) is 0.780. The highest BCUT2D eigenvalue weighted by molar-refractivity contribution is 7.12. The lowest BCUT2D eigenvalue weighted by atomic mass is 10.3. The van der Waals surface area contributed by atoms with E-state index in [0.29, 0.717) is 4.88 Å². The van der Waals surface area contributed by atoms with Gasteiger partial charge in [-0.3, -0.25) is 4.79 Å². The average Bonchev–Trinajstić information content (AvgIpc) is 2.76. The summed E-state index contributed by atoms with van der Waals surface area (Å²) in [5.74, 6) is -1.18. The van der Waals surface area contributed by atoms with Crippen LogP contribution in [0.1, 0.15) is 25.7 Å². The minimum atomic E-state index is -1.13. The Morgan fingerprint density at radius 1 is 1.33 bits per heavy atom. The second-order valence-electron chi connectivity index (χ2n) is 3.60. The van der Waals surface area contributed by atoms with Crippen LogP contribution in [0.3, 0.4) is 0 Å². The second-order valence-corrected chi connectivity index (χ2v) is 4.52. The Bertz CT molecular complexity index is 607. The fraction of sp³-hybridized carbons (Fsp3) is 0.0833. The fourth-order valence-corrected chi connectivity index (χ4v) is 2.22. The first-order valence-corrected chi connectivity index (χ1v) is 6.01. The van der Waals surface area contributed by atoms with Crippen LogP contribution in [0.15, 0.2) is 29.6 Å². The molecule has 0 saturated heterocycles. The number of aromatic nitrogens is 1. The summed E-state index contributed by atoms with van der Waals surface area (Å²) in [4.78, 5) is 27.1. The van der Waals surface area contributed by atoms with E-state index in [1.54, 1.807) is 6.07 Å². The van der Waals surface area contributed by atoms with E-state index in [9.17, 15) is 9.59 Å². The Labute approximate surface area is 107 Å². The zero-order valence-electron chi connectivity index (χ0n) is 9.51. The number of pyridine rings is 1. The zero-order valence-corrected chi connectivity index (χ0v) is 10.3. The van der Waals surface area contributed by atoms with E-state index < -0.39 is 5.97 Å². The lowest BCUT2D eigenvalue weighted by Gasteiger charge is -2.04. The number of carboxylic acids is 1. The molecule has 1 amide bonds. The van der Waals surface area contributed by atoms with Crippen molar-refractivity contribution in [3.05, 3.63) is 45.8 Å². The van der Waals surface area contributed by atoms with Crippen molar-refractivity contribution in [2.75, 3.05) is 5.32 Å². The van der Waals surface area contributed by atoms with E-state index in [1.807, 2.05) is 18.4 Å². The Morgan fingerprint density at radius 3 is 2.72 bits per heavy atom. The summed E-state index contributed by atoms with van der Waals surface area (Å²) in [7, 11) is 0. The van der Waals surface area contributed by atoms with Crippen LogP contribution in [0.25, 0.3) is 0 Å². The number of amides is 1. The van der Waals surface area contributed by atoms with Gasteiger partial charge in [0.1, 0.15) is 5.82 Å². The maximum Gasteiger partial charge on any atom is 0.354 e. The quantitative estimate of drug-likeness (QED) is 0.890. The van der Waals surface area contributed by atoms with Crippen molar-refractivity contribution >= 4 is 29.0 Å². The molecule has 0 saturated carbocycles. The Balaban J connectivity index is 2.20. The summed E-state index contributed by atoms with van der Waals surface area (Å²) in [6.45, 7) is 1.84. The molecule has 0 bridgehead atoms. The smallest absolute Gasteiger partial charge is 0.354 e. The minimum Gasteiger partial charge on any atom is -0.477 e. The normalized spacial score (nSPS) is 10.1. The molecule has 2 heterocycles. The van der Waals surface area contributed by atoms with Gasteiger partial charge >= 0.3 is 5.97 Å². The zero-order chi connectivity index (χ0) is 13.1. The first kappa shape index (κ1) is 12.3. The number of nitrogens with zero attached hydrogens (tertiary/aromatic N) is 1. The number of thiophene rings is 1. The van der Waals surface area contributed by atoms with Gasteiger partial charge in [0, 0.05) is 0 Å². The third-order valence-corrected chi connectivity index (χ3v) is 3.29. The number of anilines is 1. The van der Waals surface area contributed by atoms with Crippen molar-refractivity contribution in [1.29, 1.82) is 0 Å². The molecule has 0 unspecified atom stereocenters. The summed E-state index contributed by atoms with van der Waals surface area (Å²) < 4.78 is 0. The fourth-order valence-electron chi connectivity index (χ4n) is 1.40. The highest BCUT2D eigenvalue weighted by atomic mass is 32.1. The van der Waals surface area contributed by atoms with Gasteiger partial charge in [0.25, 0.3) is 5.91 Å². The molecule has 2 aromatic rings. The van der Waals surface area contributed by atoms with Crippen molar-refractivity contribution in [1.82, 2.24) is 4.98 Å². The van der Waals surface area contributed by atoms with E-state index in [2.05, 4.69) is 10.3 Å². The van der Waals surface area contributed by atoms with E-state index in [1.165, 1.54) is 23.5 Å². The van der Waals surface area contributed by atoms with E-state index in [0.717, 1.165) is 5.56 Å². The van der Waals surface area contributed by atoms with Crippen molar-refractivity contribution in [3.8, 4) is 0 Å². The minimum absolute atomic E-state index is 0.101. The lowest BCUT2D eigenvalue weighted by molar-refractivity contribution is 0.0690. The maximum atomic E-state index is 11.9. The third-order valence-electron chi connectivity index (χ3n) is 2.28. The molecular weight excluding hydrogens is 252 g/mol. The van der Waals surface area contributed by atoms with Gasteiger partial charge in [0.05, 0.1) is 4.88 Å². The summed E-state index contributed by atoms with van der Waals surface area (Å²) in [6, 6.07) is 6.30. The first-order valence-electron chi connectivity index (χ1n) is 5.13. The number of carboxylic acid groups (broad SMARTS) is 1. The van der Waals surface area contributed by atoms with Gasteiger partial charge in [-0.2, -0.15) is 0 Å². The predicted molar refractivity (Wildman–Crippen MR) is 68.2 cm³/mol. The van der Waals surface area contributed by atoms with E-state index >= 15 is 0 Å². The van der Waals surface area contributed by atoms with Crippen LogP contribution in [0.4, 0.5) is 5.82 Å². The van der Waals surface area contributed by atoms with Crippen LogP contribution in [-0.2, 0) is 0 Å². The molecule has 0 aliphatic rings. The molecule has 2 N–H and O–H groups in total. The van der Waals surface area contributed by atoms with Gasteiger partial charge in [0.15, 0.2) is 5.69 Å². The van der Waals surface area contributed by atoms with Crippen LogP contribution in [0.5, 0.6) is 0 Å². The van der Waals surface area contributed by atoms with Crippen molar-refractivity contribution in [3.63, 3.8) is 0 Å². The molecule has 6 heteroatoms. The molecule has 0 aliphatic carbocycles. The monoisotopic (exact) mass is 262 g/mol. The Hall–Kier alpha value is -2.21. The molecule has 2 aromatic heterocycles. The molecular formula is C12H10N2O3S. The Morgan fingerprint density at radius 2 is 2.11 bits per heavy atom. The average molecular weight is 262 g/mol. The second kappa shape index (κ2) is 4.97. The summed E-state index contributed by atoms with van der Waals surface area (Å²) >= 11 is 1.33. The molecule has 5 nitrogen and oxygen atoms in total. The number of carbonyl (C=O) groups excluding carboxylic acids is 1. The topological polar surface area (TPSA) is 79.3 Å².